The van der Waals surface area contributed by atoms with Crippen LogP contribution in [0.4, 0.5) is 0 Å². The molecule has 3 nitrogen and oxygen atoms in total. The molecule has 2 heterocycles. The molecular formula is C8H15NO2. The topological polar surface area (TPSA) is 21.7 Å². The van der Waals surface area contributed by atoms with Gasteiger partial charge in [0.1, 0.15) is 0 Å². The van der Waals surface area contributed by atoms with Gasteiger partial charge in [-0.25, -0.2) is 4.90 Å². The van der Waals surface area contributed by atoms with Gasteiger partial charge in [0.2, 0.25) is 5.91 Å². The largest absolute Gasteiger partial charge is 0.336 e. The summed E-state index contributed by atoms with van der Waals surface area (Å²) in [6, 6.07) is 0. The van der Waals surface area contributed by atoms with Crippen LogP contribution in [0, 0.1) is 0 Å². The molecule has 64 valence electrons. The second-order valence-electron chi connectivity index (χ2n) is 3.29. The van der Waals surface area contributed by atoms with Crippen LogP contribution in [0.5, 0.6) is 0 Å². The molecule has 3 heteroatoms. The molecule has 2 rings (SSSR count). The van der Waals surface area contributed by atoms with Gasteiger partial charge < -0.3 is 9.47 Å². The second-order valence-corrected chi connectivity index (χ2v) is 3.29. The van der Waals surface area contributed by atoms with Gasteiger partial charge in [0.15, 0.2) is 0 Å². The fraction of sp³-hybridized carbons (Fsp3) is 1.00. The quantitative estimate of drug-likeness (QED) is 0.562. The van der Waals surface area contributed by atoms with Crippen molar-refractivity contribution >= 4 is 0 Å². The van der Waals surface area contributed by atoms with Gasteiger partial charge in [-0.1, -0.05) is 6.92 Å². The Morgan fingerprint density at radius 2 is 2.45 bits per heavy atom. The number of fused-ring (bicyclic) bond motifs is 1. The van der Waals surface area contributed by atoms with Crippen molar-refractivity contribution in [3.8, 4) is 0 Å². The highest BCUT2D eigenvalue weighted by Gasteiger charge is 2.48. The maximum Gasteiger partial charge on any atom is 0.230 e. The molecule has 0 amide bonds. The summed E-state index contributed by atoms with van der Waals surface area (Å²) in [6.07, 6.45) is 1.26. The molecule has 0 aromatic heterocycles. The van der Waals surface area contributed by atoms with Gasteiger partial charge >= 0.3 is 0 Å². The summed E-state index contributed by atoms with van der Waals surface area (Å²) >= 11 is 0. The lowest BCUT2D eigenvalue weighted by atomic mass is 10.3. The SMILES string of the molecule is CC[C@]12OCCN1C[C@H](C)O2. The Kier molecular flexibility index (Phi) is 1.67. The smallest absolute Gasteiger partial charge is 0.230 e. The highest BCUT2D eigenvalue weighted by atomic mass is 16.7. The average Bonchev–Trinajstić information content (AvgIpc) is 2.43. The highest BCUT2D eigenvalue weighted by Crippen LogP contribution is 2.34. The molecule has 0 saturated carbocycles. The van der Waals surface area contributed by atoms with Gasteiger partial charge in [0.25, 0.3) is 0 Å². The lowest BCUT2D eigenvalue weighted by Crippen LogP contribution is -2.39. The lowest BCUT2D eigenvalue weighted by Gasteiger charge is -2.27. The van der Waals surface area contributed by atoms with Crippen LogP contribution < -0.4 is 0 Å². The van der Waals surface area contributed by atoms with Crippen LogP contribution in [-0.2, 0) is 9.47 Å². The molecule has 2 atom stereocenters. The molecule has 0 aromatic carbocycles. The fourth-order valence-corrected chi connectivity index (χ4v) is 1.99. The van der Waals surface area contributed by atoms with Crippen LogP contribution in [-0.4, -0.2) is 36.6 Å². The number of hydrogen-bond acceptors (Lipinski definition) is 3. The van der Waals surface area contributed by atoms with Crippen molar-refractivity contribution < 1.29 is 9.47 Å². The fourth-order valence-electron chi connectivity index (χ4n) is 1.99. The summed E-state index contributed by atoms with van der Waals surface area (Å²) in [5.41, 5.74) is 0. The van der Waals surface area contributed by atoms with E-state index in [1.54, 1.807) is 0 Å². The van der Waals surface area contributed by atoms with E-state index in [4.69, 9.17) is 9.47 Å². The molecule has 11 heavy (non-hydrogen) atoms. The molecule has 0 bridgehead atoms. The van der Waals surface area contributed by atoms with E-state index < -0.39 is 0 Å². The Labute approximate surface area is 67.3 Å². The second kappa shape index (κ2) is 2.44. The summed E-state index contributed by atoms with van der Waals surface area (Å²) in [5.74, 6) is -0.348. The van der Waals surface area contributed by atoms with Crippen molar-refractivity contribution in [3.05, 3.63) is 0 Å². The van der Waals surface area contributed by atoms with Gasteiger partial charge in [-0.15, -0.1) is 0 Å². The third-order valence-electron chi connectivity index (χ3n) is 2.48. The zero-order valence-electron chi connectivity index (χ0n) is 7.17. The van der Waals surface area contributed by atoms with Gasteiger partial charge in [-0.05, 0) is 6.92 Å². The minimum atomic E-state index is -0.348. The maximum absolute atomic E-state index is 5.73. The molecule has 0 aromatic rings. The van der Waals surface area contributed by atoms with E-state index in [1.165, 1.54) is 0 Å². The van der Waals surface area contributed by atoms with Gasteiger partial charge in [0, 0.05) is 19.5 Å². The van der Waals surface area contributed by atoms with E-state index in [2.05, 4.69) is 18.7 Å². The number of rotatable bonds is 1. The van der Waals surface area contributed by atoms with E-state index >= 15 is 0 Å². The zero-order valence-corrected chi connectivity index (χ0v) is 7.17. The van der Waals surface area contributed by atoms with E-state index in [0.717, 1.165) is 26.1 Å². The van der Waals surface area contributed by atoms with Crippen molar-refractivity contribution in [2.24, 2.45) is 0 Å². The monoisotopic (exact) mass is 157 g/mol. The molecule has 0 radical (unpaired) electrons. The first-order valence-corrected chi connectivity index (χ1v) is 4.33. The van der Waals surface area contributed by atoms with Crippen LogP contribution in [0.15, 0.2) is 0 Å². The zero-order chi connectivity index (χ0) is 7.90. The van der Waals surface area contributed by atoms with Crippen LogP contribution in [0.1, 0.15) is 20.3 Å². The summed E-state index contributed by atoms with van der Waals surface area (Å²) in [4.78, 5) is 2.29. The number of nitrogens with zero attached hydrogens (tertiary/aromatic N) is 1. The van der Waals surface area contributed by atoms with E-state index in [9.17, 15) is 0 Å². The van der Waals surface area contributed by atoms with Crippen LogP contribution in [0.3, 0.4) is 0 Å². The van der Waals surface area contributed by atoms with Gasteiger partial charge in [0.05, 0.1) is 12.7 Å². The Balaban J connectivity index is 2.15. The Morgan fingerprint density at radius 1 is 1.64 bits per heavy atom. The molecule has 2 aliphatic rings. The Bertz CT molecular complexity index is 162. The maximum atomic E-state index is 5.73. The Hall–Kier alpha value is -0.120. The summed E-state index contributed by atoms with van der Waals surface area (Å²) < 4.78 is 11.3. The van der Waals surface area contributed by atoms with Crippen molar-refractivity contribution in [3.63, 3.8) is 0 Å². The van der Waals surface area contributed by atoms with Gasteiger partial charge in [-0.3, -0.25) is 0 Å². The first kappa shape index (κ1) is 7.53. The molecule has 0 unspecified atom stereocenters. The summed E-state index contributed by atoms with van der Waals surface area (Å²) in [7, 11) is 0. The molecule has 2 saturated heterocycles. The average molecular weight is 157 g/mol. The predicted octanol–water partition coefficient (Wildman–Crippen LogP) is 0.801. The third-order valence-corrected chi connectivity index (χ3v) is 2.48. The first-order chi connectivity index (χ1) is 5.27. The minimum Gasteiger partial charge on any atom is -0.336 e. The third kappa shape index (κ3) is 0.991. The number of ether oxygens (including phenoxy) is 2. The molecule has 0 spiro atoms. The molecule has 0 N–H and O–H groups in total. The molecular weight excluding hydrogens is 142 g/mol. The first-order valence-electron chi connectivity index (χ1n) is 4.33. The number of hydrogen-bond donors (Lipinski definition) is 0. The van der Waals surface area contributed by atoms with E-state index in [0.29, 0.717) is 6.10 Å². The normalized spacial score (nSPS) is 44.7. The molecule has 2 fully saturated rings. The molecule has 0 aliphatic carbocycles. The van der Waals surface area contributed by atoms with E-state index in [-0.39, 0.29) is 5.91 Å². The molecule has 2 aliphatic heterocycles. The van der Waals surface area contributed by atoms with Crippen LogP contribution >= 0.6 is 0 Å². The predicted molar refractivity (Wildman–Crippen MR) is 41.1 cm³/mol. The lowest BCUT2D eigenvalue weighted by molar-refractivity contribution is -0.243. The van der Waals surface area contributed by atoms with E-state index in [1.807, 2.05) is 0 Å². The Morgan fingerprint density at radius 3 is 3.09 bits per heavy atom. The standard InChI is InChI=1S/C8H15NO2/c1-3-8-9(4-5-10-8)6-7(2)11-8/h7H,3-6H2,1-2H3/t7-,8+/m0/s1. The summed E-state index contributed by atoms with van der Waals surface area (Å²) in [6.45, 7) is 7.07. The van der Waals surface area contributed by atoms with Gasteiger partial charge in [-0.2, -0.15) is 0 Å². The van der Waals surface area contributed by atoms with Crippen molar-refractivity contribution in [2.45, 2.75) is 32.3 Å². The minimum absolute atomic E-state index is 0.329. The van der Waals surface area contributed by atoms with Crippen molar-refractivity contribution in [2.75, 3.05) is 19.7 Å². The summed E-state index contributed by atoms with van der Waals surface area (Å²) in [5, 5.41) is 0. The van der Waals surface area contributed by atoms with Crippen LogP contribution in [0.2, 0.25) is 0 Å². The van der Waals surface area contributed by atoms with Crippen molar-refractivity contribution in [1.29, 1.82) is 0 Å². The van der Waals surface area contributed by atoms with Crippen LogP contribution in [0.25, 0.3) is 0 Å². The van der Waals surface area contributed by atoms with Crippen molar-refractivity contribution in [1.82, 2.24) is 4.90 Å². The highest BCUT2D eigenvalue weighted by molar-refractivity contribution is 4.85.